The minimum atomic E-state index is 0.246. The highest BCUT2D eigenvalue weighted by atomic mass is 16.3. The van der Waals surface area contributed by atoms with Gasteiger partial charge in [-0.2, -0.15) is 4.98 Å². The van der Waals surface area contributed by atoms with E-state index in [4.69, 9.17) is 10.8 Å². The highest BCUT2D eigenvalue weighted by Gasteiger charge is 2.23. The number of aliphatic hydroxyl groups excluding tert-OH is 1. The van der Waals surface area contributed by atoms with Gasteiger partial charge in [-0.3, -0.25) is 0 Å². The minimum absolute atomic E-state index is 0.246. The number of nitrogen functional groups attached to an aromatic ring is 1. The van der Waals surface area contributed by atoms with Crippen molar-refractivity contribution in [3.63, 3.8) is 0 Å². The molecule has 0 aromatic carbocycles. The van der Waals surface area contributed by atoms with Crippen LogP contribution in [0.3, 0.4) is 0 Å². The van der Waals surface area contributed by atoms with Crippen molar-refractivity contribution in [2.75, 3.05) is 30.3 Å². The highest BCUT2D eigenvalue weighted by Crippen LogP contribution is 2.24. The first kappa shape index (κ1) is 10.2. The summed E-state index contributed by atoms with van der Waals surface area (Å²) in [5.41, 5.74) is 6.59. The van der Waals surface area contributed by atoms with Crippen molar-refractivity contribution in [2.45, 2.75) is 13.3 Å². The summed E-state index contributed by atoms with van der Waals surface area (Å²) in [6, 6.07) is 0. The van der Waals surface area contributed by atoms with Crippen molar-refractivity contribution in [3.05, 3.63) is 11.8 Å². The molecule has 5 nitrogen and oxygen atoms in total. The second kappa shape index (κ2) is 4.02. The van der Waals surface area contributed by atoms with Crippen LogP contribution in [0.5, 0.6) is 0 Å². The molecule has 1 aromatic heterocycles. The molecule has 0 bridgehead atoms. The average molecular weight is 208 g/mol. The molecule has 1 aliphatic rings. The van der Waals surface area contributed by atoms with Crippen LogP contribution in [0.2, 0.25) is 0 Å². The van der Waals surface area contributed by atoms with E-state index in [0.29, 0.717) is 11.9 Å². The van der Waals surface area contributed by atoms with Crippen LogP contribution in [0.1, 0.15) is 12.0 Å². The van der Waals surface area contributed by atoms with Gasteiger partial charge in [0, 0.05) is 37.4 Å². The average Bonchev–Trinajstić information content (AvgIpc) is 2.70. The lowest BCUT2D eigenvalue weighted by Gasteiger charge is -2.19. The first-order chi connectivity index (χ1) is 7.20. The summed E-state index contributed by atoms with van der Waals surface area (Å²) < 4.78 is 0. The molecule has 0 amide bonds. The molecule has 82 valence electrons. The number of aromatic nitrogens is 2. The maximum atomic E-state index is 9.07. The first-order valence-corrected chi connectivity index (χ1v) is 5.15. The number of aliphatic hydroxyl groups is 1. The monoisotopic (exact) mass is 208 g/mol. The Morgan fingerprint density at radius 1 is 1.67 bits per heavy atom. The number of nitrogens with zero attached hydrogens (tertiary/aromatic N) is 3. The molecule has 0 radical (unpaired) electrons. The number of hydrogen-bond donors (Lipinski definition) is 2. The van der Waals surface area contributed by atoms with E-state index in [1.165, 1.54) is 0 Å². The fraction of sp³-hybridized carbons (Fsp3) is 0.600. The maximum absolute atomic E-state index is 9.07. The molecule has 1 aliphatic heterocycles. The van der Waals surface area contributed by atoms with Crippen molar-refractivity contribution < 1.29 is 5.11 Å². The Morgan fingerprint density at radius 3 is 3.13 bits per heavy atom. The Labute approximate surface area is 88.9 Å². The normalized spacial score (nSPS) is 20.9. The topological polar surface area (TPSA) is 75.3 Å². The quantitative estimate of drug-likeness (QED) is 0.725. The van der Waals surface area contributed by atoms with E-state index >= 15 is 0 Å². The van der Waals surface area contributed by atoms with E-state index < -0.39 is 0 Å². The zero-order valence-corrected chi connectivity index (χ0v) is 8.85. The first-order valence-electron chi connectivity index (χ1n) is 5.15. The van der Waals surface area contributed by atoms with Gasteiger partial charge in [-0.25, -0.2) is 4.98 Å². The molecule has 0 aliphatic carbocycles. The van der Waals surface area contributed by atoms with Gasteiger partial charge in [-0.05, 0) is 13.3 Å². The van der Waals surface area contributed by atoms with Crippen LogP contribution >= 0.6 is 0 Å². The lowest BCUT2D eigenvalue weighted by atomic mass is 10.1. The van der Waals surface area contributed by atoms with Gasteiger partial charge in [0.05, 0.1) is 0 Å². The van der Waals surface area contributed by atoms with Gasteiger partial charge in [-0.1, -0.05) is 0 Å². The van der Waals surface area contributed by atoms with E-state index in [-0.39, 0.29) is 6.61 Å². The van der Waals surface area contributed by atoms with Crippen LogP contribution in [-0.4, -0.2) is 34.8 Å². The van der Waals surface area contributed by atoms with Gasteiger partial charge < -0.3 is 15.7 Å². The molecule has 1 aromatic rings. The van der Waals surface area contributed by atoms with Crippen molar-refractivity contribution in [1.29, 1.82) is 0 Å². The molecule has 0 spiro atoms. The van der Waals surface area contributed by atoms with Crippen LogP contribution in [0, 0.1) is 12.8 Å². The standard InChI is InChI=1S/C10H16N4O/c1-7-4-12-10(11)13-9(7)14-3-2-8(5-14)6-15/h4,8,15H,2-3,5-6H2,1H3,(H2,11,12,13). The second-order valence-corrected chi connectivity index (χ2v) is 4.02. The number of rotatable bonds is 2. The Morgan fingerprint density at radius 2 is 2.47 bits per heavy atom. The fourth-order valence-corrected chi connectivity index (χ4v) is 1.94. The Kier molecular flexibility index (Phi) is 2.73. The van der Waals surface area contributed by atoms with Gasteiger partial charge in [0.1, 0.15) is 5.82 Å². The van der Waals surface area contributed by atoms with Gasteiger partial charge >= 0.3 is 0 Å². The van der Waals surface area contributed by atoms with Crippen LogP contribution in [0.25, 0.3) is 0 Å². The van der Waals surface area contributed by atoms with Crippen molar-refractivity contribution in [2.24, 2.45) is 5.92 Å². The molecule has 2 rings (SSSR count). The fourth-order valence-electron chi connectivity index (χ4n) is 1.94. The largest absolute Gasteiger partial charge is 0.396 e. The van der Waals surface area contributed by atoms with Gasteiger partial charge in [0.15, 0.2) is 0 Å². The summed E-state index contributed by atoms with van der Waals surface area (Å²) in [6.07, 6.45) is 2.75. The molecule has 1 atom stereocenters. The number of aryl methyl sites for hydroxylation is 1. The summed E-state index contributed by atoms with van der Waals surface area (Å²) >= 11 is 0. The summed E-state index contributed by atoms with van der Waals surface area (Å²) in [4.78, 5) is 10.3. The van der Waals surface area contributed by atoms with Gasteiger partial charge in [0.25, 0.3) is 0 Å². The lowest BCUT2D eigenvalue weighted by molar-refractivity contribution is 0.238. The van der Waals surface area contributed by atoms with E-state index in [9.17, 15) is 0 Å². The van der Waals surface area contributed by atoms with E-state index in [2.05, 4.69) is 14.9 Å². The van der Waals surface area contributed by atoms with Crippen molar-refractivity contribution in [3.8, 4) is 0 Å². The molecule has 2 heterocycles. The third kappa shape index (κ3) is 2.02. The third-order valence-electron chi connectivity index (χ3n) is 2.81. The van der Waals surface area contributed by atoms with Gasteiger partial charge in [0.2, 0.25) is 5.95 Å². The lowest BCUT2D eigenvalue weighted by Crippen LogP contribution is -2.23. The molecule has 1 unspecified atom stereocenters. The van der Waals surface area contributed by atoms with Crippen molar-refractivity contribution >= 4 is 11.8 Å². The second-order valence-electron chi connectivity index (χ2n) is 4.02. The number of hydrogen-bond acceptors (Lipinski definition) is 5. The summed E-state index contributed by atoms with van der Waals surface area (Å²) in [5.74, 6) is 1.57. The summed E-state index contributed by atoms with van der Waals surface area (Å²) in [6.45, 7) is 4.01. The smallest absolute Gasteiger partial charge is 0.221 e. The molecule has 1 fully saturated rings. The maximum Gasteiger partial charge on any atom is 0.221 e. The Bertz CT molecular complexity index is 355. The van der Waals surface area contributed by atoms with Gasteiger partial charge in [-0.15, -0.1) is 0 Å². The Hall–Kier alpha value is -1.36. The highest BCUT2D eigenvalue weighted by molar-refractivity contribution is 5.48. The molecule has 15 heavy (non-hydrogen) atoms. The van der Waals surface area contributed by atoms with Crippen LogP contribution in [0.4, 0.5) is 11.8 Å². The predicted molar refractivity (Wildman–Crippen MR) is 58.6 cm³/mol. The predicted octanol–water partition coefficient (Wildman–Crippen LogP) is 0.186. The number of anilines is 2. The molecule has 5 heteroatoms. The zero-order chi connectivity index (χ0) is 10.8. The molecular weight excluding hydrogens is 192 g/mol. The molecular formula is C10H16N4O. The summed E-state index contributed by atoms with van der Waals surface area (Å²) in [5, 5.41) is 9.07. The number of nitrogens with two attached hydrogens (primary N) is 1. The van der Waals surface area contributed by atoms with E-state index in [1.807, 2.05) is 6.92 Å². The molecule has 3 N–H and O–H groups in total. The minimum Gasteiger partial charge on any atom is -0.396 e. The SMILES string of the molecule is Cc1cnc(N)nc1N1CCC(CO)C1. The van der Waals surface area contributed by atoms with E-state index in [1.54, 1.807) is 6.20 Å². The van der Waals surface area contributed by atoms with Crippen LogP contribution in [0.15, 0.2) is 6.20 Å². The van der Waals surface area contributed by atoms with Crippen LogP contribution in [-0.2, 0) is 0 Å². The third-order valence-corrected chi connectivity index (χ3v) is 2.81. The zero-order valence-electron chi connectivity index (χ0n) is 8.85. The van der Waals surface area contributed by atoms with E-state index in [0.717, 1.165) is 30.9 Å². The summed E-state index contributed by atoms with van der Waals surface area (Å²) in [7, 11) is 0. The Balaban J connectivity index is 2.19. The van der Waals surface area contributed by atoms with Crippen LogP contribution < -0.4 is 10.6 Å². The molecule has 0 saturated carbocycles. The molecule has 1 saturated heterocycles. The van der Waals surface area contributed by atoms with Crippen molar-refractivity contribution in [1.82, 2.24) is 9.97 Å².